The Balaban J connectivity index is 1.72. The Bertz CT molecular complexity index is 1660. The molecule has 0 radical (unpaired) electrons. The van der Waals surface area contributed by atoms with Crippen molar-refractivity contribution in [1.82, 2.24) is 30.3 Å². The normalized spacial score (nSPS) is 18.0. The van der Waals surface area contributed by atoms with Crippen LogP contribution in [0, 0.1) is 23.7 Å². The summed E-state index contributed by atoms with van der Waals surface area (Å²) in [6.45, 7) is 16.6. The number of likely N-dealkylation sites (N-methyl/N-ethyl adjacent to an activating group) is 2. The first kappa shape index (κ1) is 54.8. The number of methoxy groups -OCH3 is 2. The number of nitrogens with one attached hydrogen (secondary N) is 2. The molecule has 0 saturated carbocycles. The molecule has 0 aliphatic carbocycles. The number of amides is 4. The van der Waals surface area contributed by atoms with E-state index in [4.69, 9.17) is 24.8 Å². The SMILES string of the molecule is CC[C@H](C)C([C@@H](CC(=O)N1CCC[C@H]1[C@H](OC)[C@@H](C)C(=O)N[C@@H](Cc1ccccc1)c1nccs1)OC)N(C)C(=O)[C@@H](NC(=O)[C@H](C(C)C)N(C)CCOCCOCCON)C(C)C. The molecule has 17 heteroatoms. The van der Waals surface area contributed by atoms with Crippen molar-refractivity contribution in [2.75, 3.05) is 74.4 Å². The van der Waals surface area contributed by atoms with Gasteiger partial charge < -0.3 is 44.2 Å². The van der Waals surface area contributed by atoms with Crippen molar-refractivity contribution in [2.24, 2.45) is 29.6 Å². The maximum absolute atomic E-state index is 14.6. The van der Waals surface area contributed by atoms with Gasteiger partial charge in [-0.05, 0) is 49.6 Å². The highest BCUT2D eigenvalue weighted by atomic mass is 32.1. The van der Waals surface area contributed by atoms with Gasteiger partial charge in [0.1, 0.15) is 11.0 Å². The number of carbonyl (C=O) groups is 4. The molecule has 1 saturated heterocycles. The van der Waals surface area contributed by atoms with Gasteiger partial charge in [-0.15, -0.1) is 11.3 Å². The molecule has 1 aromatic heterocycles. The minimum Gasteiger partial charge on any atom is -0.379 e. The maximum atomic E-state index is 14.6. The number of aromatic nitrogens is 1. The Morgan fingerprint density at radius 3 is 2.16 bits per heavy atom. The number of nitrogens with zero attached hydrogens (tertiary/aromatic N) is 4. The van der Waals surface area contributed by atoms with Crippen molar-refractivity contribution < 1.29 is 43.0 Å². The summed E-state index contributed by atoms with van der Waals surface area (Å²) < 4.78 is 23.3. The van der Waals surface area contributed by atoms with E-state index < -0.39 is 36.3 Å². The van der Waals surface area contributed by atoms with Crippen LogP contribution in [0.4, 0.5) is 0 Å². The first-order valence-corrected chi connectivity index (χ1v) is 23.8. The van der Waals surface area contributed by atoms with Crippen LogP contribution < -0.4 is 16.5 Å². The second-order valence-electron chi connectivity index (χ2n) is 17.7. The highest BCUT2D eigenvalue weighted by Gasteiger charge is 2.43. The number of hydrogen-bond donors (Lipinski definition) is 3. The second kappa shape index (κ2) is 28.5. The van der Waals surface area contributed by atoms with Crippen molar-refractivity contribution in [2.45, 2.75) is 123 Å². The van der Waals surface area contributed by atoms with Gasteiger partial charge in [-0.25, -0.2) is 10.9 Å². The minimum atomic E-state index is -0.821. The standard InChI is InChI=1S/C47H79N7O9S/c1-12-33(6)42(53(9)47(58)40(31(2)3)51-45(57)41(32(4)5)52(8)22-23-61-24-25-62-26-27-63-48)38(59-10)30-39(55)54-21-16-19-37(54)43(60-11)34(7)44(56)50-36(46-49-20-28-64-46)29-35-17-14-13-15-18-35/h13-15,17-18,20,28,31-34,36-38,40-43H,12,16,19,21-27,29-30,48H2,1-11H3,(H,50,56)(H,51,57)/t33-,34+,36-,37-,38+,40-,41-,42?,43+/m0/s1. The van der Waals surface area contributed by atoms with E-state index in [1.165, 1.54) is 11.3 Å². The van der Waals surface area contributed by atoms with Crippen LogP contribution in [0.1, 0.15) is 90.8 Å². The van der Waals surface area contributed by atoms with Gasteiger partial charge in [-0.2, -0.15) is 0 Å². The molecule has 0 bridgehead atoms. The summed E-state index contributed by atoms with van der Waals surface area (Å²) in [5.41, 5.74) is 1.08. The van der Waals surface area contributed by atoms with E-state index in [1.807, 2.05) is 94.1 Å². The van der Waals surface area contributed by atoms with Gasteiger partial charge >= 0.3 is 0 Å². The van der Waals surface area contributed by atoms with Crippen molar-refractivity contribution in [1.29, 1.82) is 0 Å². The number of nitrogens with two attached hydrogens (primary N) is 1. The predicted octanol–water partition coefficient (Wildman–Crippen LogP) is 4.48. The van der Waals surface area contributed by atoms with Crippen LogP contribution >= 0.6 is 11.3 Å². The molecule has 9 atom stereocenters. The summed E-state index contributed by atoms with van der Waals surface area (Å²) in [6.07, 6.45) is 3.32. The van der Waals surface area contributed by atoms with Gasteiger partial charge in [-0.3, -0.25) is 24.1 Å². The topological polar surface area (TPSA) is 187 Å². The molecular formula is C47H79N7O9S. The van der Waals surface area contributed by atoms with Crippen molar-refractivity contribution in [3.05, 3.63) is 52.5 Å². The van der Waals surface area contributed by atoms with Crippen LogP contribution in [0.3, 0.4) is 0 Å². The fourth-order valence-corrected chi connectivity index (χ4v) is 9.52. The summed E-state index contributed by atoms with van der Waals surface area (Å²) >= 11 is 1.50. The van der Waals surface area contributed by atoms with E-state index in [0.29, 0.717) is 59.0 Å². The van der Waals surface area contributed by atoms with Gasteiger partial charge in [0.2, 0.25) is 23.6 Å². The molecule has 1 aliphatic rings. The zero-order valence-corrected chi connectivity index (χ0v) is 41.1. The van der Waals surface area contributed by atoms with Crippen molar-refractivity contribution in [3.63, 3.8) is 0 Å². The van der Waals surface area contributed by atoms with Gasteiger partial charge in [0.15, 0.2) is 0 Å². The fourth-order valence-electron chi connectivity index (χ4n) is 8.83. The van der Waals surface area contributed by atoms with Gasteiger partial charge in [0.25, 0.3) is 0 Å². The molecule has 3 rings (SSSR count). The van der Waals surface area contributed by atoms with Gasteiger partial charge in [0, 0.05) is 45.9 Å². The van der Waals surface area contributed by atoms with Crippen LogP contribution in [-0.4, -0.2) is 154 Å². The molecule has 16 nitrogen and oxygen atoms in total. The summed E-state index contributed by atoms with van der Waals surface area (Å²) in [5, 5.41) is 9.06. The fraction of sp³-hybridized carbons (Fsp3) is 0.723. The monoisotopic (exact) mass is 918 g/mol. The van der Waals surface area contributed by atoms with Crippen LogP contribution in [0.15, 0.2) is 41.9 Å². The highest BCUT2D eigenvalue weighted by Crippen LogP contribution is 2.30. The average molecular weight is 918 g/mol. The molecule has 64 heavy (non-hydrogen) atoms. The maximum Gasteiger partial charge on any atom is 0.245 e. The van der Waals surface area contributed by atoms with E-state index in [2.05, 4.69) is 27.4 Å². The summed E-state index contributed by atoms with van der Waals surface area (Å²) in [5.74, 6) is 3.33. The molecule has 2 aromatic rings. The molecule has 362 valence electrons. The lowest BCUT2D eigenvalue weighted by atomic mass is 9.89. The van der Waals surface area contributed by atoms with Crippen LogP contribution in [0.25, 0.3) is 0 Å². The van der Waals surface area contributed by atoms with E-state index in [0.717, 1.165) is 23.4 Å². The number of ether oxygens (including phenoxy) is 4. The van der Waals surface area contributed by atoms with Crippen LogP contribution in [0.2, 0.25) is 0 Å². The zero-order chi connectivity index (χ0) is 47.3. The van der Waals surface area contributed by atoms with Crippen LogP contribution in [-0.2, 0) is 49.4 Å². The molecule has 1 unspecified atom stereocenters. The second-order valence-corrected chi connectivity index (χ2v) is 18.6. The molecule has 4 amide bonds. The molecular weight excluding hydrogens is 839 g/mol. The highest BCUT2D eigenvalue weighted by molar-refractivity contribution is 7.09. The molecule has 1 aliphatic heterocycles. The lowest BCUT2D eigenvalue weighted by Gasteiger charge is -2.41. The third-order valence-electron chi connectivity index (χ3n) is 12.5. The lowest BCUT2D eigenvalue weighted by molar-refractivity contribution is -0.148. The number of thiazole rings is 1. The molecule has 1 fully saturated rings. The Morgan fingerprint density at radius 2 is 1.58 bits per heavy atom. The quantitative estimate of drug-likeness (QED) is 0.0738. The number of benzene rings is 1. The smallest absolute Gasteiger partial charge is 0.245 e. The Morgan fingerprint density at radius 1 is 0.906 bits per heavy atom. The van der Waals surface area contributed by atoms with E-state index in [-0.39, 0.29) is 59.9 Å². The number of rotatable bonds is 30. The van der Waals surface area contributed by atoms with Gasteiger partial charge in [-0.1, -0.05) is 85.2 Å². The third-order valence-corrected chi connectivity index (χ3v) is 13.4. The Kier molecular flexibility index (Phi) is 24.4. The molecule has 0 spiro atoms. The molecule has 2 heterocycles. The molecule has 4 N–H and O–H groups in total. The van der Waals surface area contributed by atoms with E-state index in [1.54, 1.807) is 32.4 Å². The average Bonchev–Trinajstić information content (AvgIpc) is 4.00. The van der Waals surface area contributed by atoms with Crippen molar-refractivity contribution >= 4 is 35.0 Å². The summed E-state index contributed by atoms with van der Waals surface area (Å²) in [6, 6.07) is 7.54. The Labute approximate surface area is 386 Å². The summed E-state index contributed by atoms with van der Waals surface area (Å²) in [4.78, 5) is 71.5. The number of likely N-dealkylation sites (tertiary alicyclic amines) is 1. The first-order chi connectivity index (χ1) is 30.6. The summed E-state index contributed by atoms with van der Waals surface area (Å²) in [7, 11) is 6.78. The van der Waals surface area contributed by atoms with Gasteiger partial charge in [0.05, 0.1) is 81.7 Å². The number of carbonyl (C=O) groups excluding carboxylic acids is 4. The lowest BCUT2D eigenvalue weighted by Crippen LogP contribution is -2.60. The molecule has 1 aromatic carbocycles. The number of hydrogen-bond acceptors (Lipinski definition) is 13. The minimum absolute atomic E-state index is 0.0229. The van der Waals surface area contributed by atoms with E-state index >= 15 is 0 Å². The van der Waals surface area contributed by atoms with E-state index in [9.17, 15) is 19.2 Å². The van der Waals surface area contributed by atoms with Crippen molar-refractivity contribution in [3.8, 4) is 0 Å². The van der Waals surface area contributed by atoms with Crippen LogP contribution in [0.5, 0.6) is 0 Å². The first-order valence-electron chi connectivity index (χ1n) is 22.9. The largest absolute Gasteiger partial charge is 0.379 e. The third kappa shape index (κ3) is 16.1. The predicted molar refractivity (Wildman–Crippen MR) is 249 cm³/mol. The Hall–Kier alpha value is -3.55. The zero-order valence-electron chi connectivity index (χ0n) is 40.3.